The lowest BCUT2D eigenvalue weighted by Crippen LogP contribution is -2.57. The summed E-state index contributed by atoms with van der Waals surface area (Å²) < 4.78 is 6.31. The average molecular weight is 384 g/mol. The van der Waals surface area contributed by atoms with Gasteiger partial charge in [-0.2, -0.15) is 0 Å². The fraction of sp³-hybridized carbons (Fsp3) is 0.529. The van der Waals surface area contributed by atoms with E-state index in [9.17, 15) is 0 Å². The maximum atomic E-state index is 6.37. The maximum Gasteiger partial charge on any atom is 0.326 e. The minimum Gasteiger partial charge on any atom is -0.440 e. The van der Waals surface area contributed by atoms with Gasteiger partial charge < -0.3 is 15.1 Å². The number of piperazine rings is 1. The summed E-state index contributed by atoms with van der Waals surface area (Å²) in [6, 6.07) is 3.59. The number of aromatic nitrogens is 1. The zero-order valence-electron chi connectivity index (χ0n) is 15.0. The molecular weight excluding hydrogens is 360 g/mol. The summed E-state index contributed by atoms with van der Waals surface area (Å²) in [5, 5.41) is 7.20. The van der Waals surface area contributed by atoms with Gasteiger partial charge in [0.1, 0.15) is 25.7 Å². The Labute approximate surface area is 158 Å². The molecule has 2 N–H and O–H groups in total. The van der Waals surface area contributed by atoms with Crippen LogP contribution in [0.5, 0.6) is 0 Å². The molecule has 0 bridgehead atoms. The van der Waals surface area contributed by atoms with E-state index in [0.717, 1.165) is 31.7 Å². The van der Waals surface area contributed by atoms with Crippen LogP contribution in [0.3, 0.4) is 0 Å². The van der Waals surface area contributed by atoms with Gasteiger partial charge in [0.2, 0.25) is 5.89 Å². The van der Waals surface area contributed by atoms with E-state index in [0.29, 0.717) is 32.0 Å². The third-order valence-electron chi connectivity index (χ3n) is 4.18. The molecule has 8 heteroatoms. The number of nitrogens with one attached hydrogen (secondary N) is 2. The van der Waals surface area contributed by atoms with E-state index in [4.69, 9.17) is 33.1 Å². The number of halogens is 1. The molecule has 1 fully saturated rings. The first kappa shape index (κ1) is 18.4. The highest BCUT2D eigenvalue weighted by Crippen LogP contribution is 2.32. The van der Waals surface area contributed by atoms with Crippen molar-refractivity contribution >= 4 is 45.8 Å². The first-order valence-corrected chi connectivity index (χ1v) is 9.11. The smallest absolute Gasteiger partial charge is 0.326 e. The van der Waals surface area contributed by atoms with Crippen LogP contribution >= 0.6 is 23.8 Å². The second-order valence-electron chi connectivity index (χ2n) is 7.57. The van der Waals surface area contributed by atoms with Crippen LogP contribution in [-0.4, -0.2) is 48.0 Å². The van der Waals surface area contributed by atoms with Crippen molar-refractivity contribution < 1.29 is 13.9 Å². The van der Waals surface area contributed by atoms with Crippen LogP contribution in [-0.2, 0) is 10.3 Å². The van der Waals surface area contributed by atoms with Crippen molar-refractivity contribution in [1.82, 2.24) is 10.3 Å². The third kappa shape index (κ3) is 4.23. The fourth-order valence-electron chi connectivity index (χ4n) is 2.66. The van der Waals surface area contributed by atoms with Crippen molar-refractivity contribution in [2.45, 2.75) is 26.2 Å². The van der Waals surface area contributed by atoms with Crippen molar-refractivity contribution in [2.75, 3.05) is 38.5 Å². The minimum absolute atomic E-state index is 0.168. The van der Waals surface area contributed by atoms with Crippen molar-refractivity contribution in [1.29, 1.82) is 0 Å². The number of anilines is 1. The first-order valence-electron chi connectivity index (χ1n) is 8.33. The SMILES string of the molecule is CC(C)(C)c1nc2cc(Cl)c(NC(=S)O[N+]3(C)CCNCC3)cc2o1. The molecule has 25 heavy (non-hydrogen) atoms. The number of hydroxylamine groups is 3. The molecule has 2 heterocycles. The van der Waals surface area contributed by atoms with Gasteiger partial charge in [0, 0.05) is 24.6 Å². The first-order chi connectivity index (χ1) is 11.7. The lowest BCUT2D eigenvalue weighted by atomic mass is 9.97. The molecule has 0 atom stereocenters. The molecule has 1 aliphatic heterocycles. The lowest BCUT2D eigenvalue weighted by molar-refractivity contribution is -1.07. The van der Waals surface area contributed by atoms with Crippen molar-refractivity contribution in [3.05, 3.63) is 23.0 Å². The van der Waals surface area contributed by atoms with Gasteiger partial charge >= 0.3 is 5.17 Å². The molecule has 0 spiro atoms. The molecule has 0 radical (unpaired) electrons. The van der Waals surface area contributed by atoms with Crippen LogP contribution in [0, 0.1) is 0 Å². The van der Waals surface area contributed by atoms with Gasteiger partial charge in [-0.25, -0.2) is 4.98 Å². The van der Waals surface area contributed by atoms with Crippen LogP contribution in [0.2, 0.25) is 5.02 Å². The number of quaternary nitrogens is 1. The Morgan fingerprint density at radius 2 is 2.04 bits per heavy atom. The van der Waals surface area contributed by atoms with E-state index < -0.39 is 0 Å². The Hall–Kier alpha value is -1.41. The number of rotatable bonds is 2. The van der Waals surface area contributed by atoms with Crippen molar-refractivity contribution in [3.63, 3.8) is 0 Å². The molecule has 1 aromatic carbocycles. The van der Waals surface area contributed by atoms with Gasteiger partial charge in [0.15, 0.2) is 5.58 Å². The quantitative estimate of drug-likeness (QED) is 0.611. The summed E-state index contributed by atoms with van der Waals surface area (Å²) in [7, 11) is 2.02. The van der Waals surface area contributed by atoms with Gasteiger partial charge in [-0.05, 0) is 18.3 Å². The Morgan fingerprint density at radius 1 is 1.36 bits per heavy atom. The van der Waals surface area contributed by atoms with E-state index in [1.165, 1.54) is 0 Å². The van der Waals surface area contributed by atoms with Crippen LogP contribution in [0.1, 0.15) is 26.7 Å². The number of oxazole rings is 1. The van der Waals surface area contributed by atoms with E-state index >= 15 is 0 Å². The average Bonchev–Trinajstić information content (AvgIpc) is 2.90. The molecule has 0 amide bonds. The molecule has 0 aliphatic carbocycles. The molecule has 1 aromatic heterocycles. The predicted molar refractivity (Wildman–Crippen MR) is 104 cm³/mol. The summed E-state index contributed by atoms with van der Waals surface area (Å²) in [6.45, 7) is 9.67. The Balaban J connectivity index is 1.78. The molecule has 0 unspecified atom stereocenters. The number of likely N-dealkylation sites (N-methyl/N-ethyl adjacent to an activating group) is 1. The lowest BCUT2D eigenvalue weighted by Gasteiger charge is -2.34. The molecular formula is C17H24ClN4O2S+. The monoisotopic (exact) mass is 383 g/mol. The Bertz CT molecular complexity index is 794. The summed E-state index contributed by atoms with van der Waals surface area (Å²) in [5.41, 5.74) is 1.88. The highest BCUT2D eigenvalue weighted by Gasteiger charge is 2.29. The normalized spacial score (nSPS) is 17.5. The number of fused-ring (bicyclic) bond motifs is 1. The number of nitrogens with zero attached hydrogens (tertiary/aromatic N) is 2. The summed E-state index contributed by atoms with van der Waals surface area (Å²) >= 11 is 11.7. The zero-order chi connectivity index (χ0) is 18.2. The Morgan fingerprint density at radius 3 is 2.68 bits per heavy atom. The zero-order valence-corrected chi connectivity index (χ0v) is 16.6. The third-order valence-corrected chi connectivity index (χ3v) is 4.67. The topological polar surface area (TPSA) is 59.3 Å². The second kappa shape index (κ2) is 6.72. The summed E-state index contributed by atoms with van der Waals surface area (Å²) in [4.78, 5) is 10.4. The molecule has 2 aromatic rings. The van der Waals surface area contributed by atoms with Gasteiger partial charge in [0.25, 0.3) is 0 Å². The highest BCUT2D eigenvalue weighted by molar-refractivity contribution is 7.80. The van der Waals surface area contributed by atoms with E-state index in [-0.39, 0.29) is 5.41 Å². The van der Waals surface area contributed by atoms with Crippen LogP contribution < -0.4 is 10.6 Å². The molecule has 3 rings (SSSR count). The van der Waals surface area contributed by atoms with Crippen LogP contribution in [0.15, 0.2) is 16.5 Å². The molecule has 0 saturated carbocycles. The van der Waals surface area contributed by atoms with Gasteiger partial charge in [-0.1, -0.05) is 32.4 Å². The Kier molecular flexibility index (Phi) is 4.94. The van der Waals surface area contributed by atoms with E-state index in [2.05, 4.69) is 36.4 Å². The minimum atomic E-state index is -0.168. The molecule has 1 aliphatic rings. The highest BCUT2D eigenvalue weighted by atomic mass is 35.5. The maximum absolute atomic E-state index is 6.37. The largest absolute Gasteiger partial charge is 0.440 e. The summed E-state index contributed by atoms with van der Waals surface area (Å²) in [5.74, 6) is 0.674. The molecule has 1 saturated heterocycles. The van der Waals surface area contributed by atoms with Gasteiger partial charge in [-0.3, -0.25) is 4.84 Å². The standard InChI is InChI=1S/C17H23ClN4O2S/c1-17(2,3)15-20-13-9-11(18)12(10-14(13)23-15)21-16(25)24-22(4)7-5-19-6-8-22/h9-10,19H,5-8H2,1-4H3/p+1. The summed E-state index contributed by atoms with van der Waals surface area (Å²) in [6.07, 6.45) is 0. The van der Waals surface area contributed by atoms with E-state index in [1.807, 2.05) is 13.1 Å². The van der Waals surface area contributed by atoms with Crippen molar-refractivity contribution in [2.24, 2.45) is 0 Å². The van der Waals surface area contributed by atoms with E-state index in [1.54, 1.807) is 6.07 Å². The van der Waals surface area contributed by atoms with Crippen LogP contribution in [0.4, 0.5) is 5.69 Å². The van der Waals surface area contributed by atoms with Gasteiger partial charge in [0.05, 0.1) is 10.7 Å². The molecule has 136 valence electrons. The predicted octanol–water partition coefficient (Wildman–Crippen LogP) is 3.46. The van der Waals surface area contributed by atoms with Gasteiger partial charge in [-0.15, -0.1) is 4.65 Å². The second-order valence-corrected chi connectivity index (χ2v) is 8.34. The number of hydrogen-bond acceptors (Lipinski definition) is 5. The number of thiocarbonyl (C=S) groups is 1. The van der Waals surface area contributed by atoms with Crippen LogP contribution in [0.25, 0.3) is 11.1 Å². The number of hydrogen-bond donors (Lipinski definition) is 2. The molecule has 6 nitrogen and oxygen atoms in total. The number of benzene rings is 1. The van der Waals surface area contributed by atoms with Crippen molar-refractivity contribution in [3.8, 4) is 0 Å². The fourth-order valence-corrected chi connectivity index (χ4v) is 3.15.